The van der Waals surface area contributed by atoms with E-state index in [9.17, 15) is 9.59 Å². The van der Waals surface area contributed by atoms with Crippen LogP contribution < -0.4 is 15.0 Å². The van der Waals surface area contributed by atoms with Crippen molar-refractivity contribution < 1.29 is 14.3 Å². The molecule has 0 radical (unpaired) electrons. The molecule has 154 valence electrons. The average Bonchev–Trinajstić information content (AvgIpc) is 3.32. The Morgan fingerprint density at radius 1 is 1.13 bits per heavy atom. The smallest absolute Gasteiger partial charge is 0.279 e. The molecule has 2 heterocycles. The van der Waals surface area contributed by atoms with E-state index in [0.29, 0.717) is 33.3 Å². The van der Waals surface area contributed by atoms with Gasteiger partial charge in [0.15, 0.2) is 11.5 Å². The standard InChI is InChI=1S/C22H21N3O4S/c1-12(2)25-21(27)15(11-23-25)20(26)14-9-10-18-19(13(14)3)24-22(30-18)29-17-8-6-5-7-16(17)28-4/h5-12,23H,1-4H3. The molecule has 1 N–H and O–H groups in total. The zero-order valence-corrected chi connectivity index (χ0v) is 17.9. The van der Waals surface area contributed by atoms with Crippen molar-refractivity contribution >= 4 is 27.3 Å². The third-order valence-electron chi connectivity index (χ3n) is 4.86. The Morgan fingerprint density at radius 3 is 2.53 bits per heavy atom. The molecule has 0 amide bonds. The Hall–Kier alpha value is -3.39. The number of aromatic nitrogens is 3. The Labute approximate surface area is 176 Å². The van der Waals surface area contributed by atoms with Gasteiger partial charge in [0.2, 0.25) is 5.78 Å². The molecule has 0 spiro atoms. The van der Waals surface area contributed by atoms with Crippen LogP contribution in [0.15, 0.2) is 47.4 Å². The first-order chi connectivity index (χ1) is 14.4. The summed E-state index contributed by atoms with van der Waals surface area (Å²) in [5.74, 6) is 0.850. The van der Waals surface area contributed by atoms with Gasteiger partial charge >= 0.3 is 0 Å². The van der Waals surface area contributed by atoms with Crippen LogP contribution in [-0.4, -0.2) is 27.7 Å². The second kappa shape index (κ2) is 7.79. The number of ether oxygens (including phenoxy) is 2. The van der Waals surface area contributed by atoms with E-state index in [2.05, 4.69) is 10.1 Å². The fourth-order valence-corrected chi connectivity index (χ4v) is 4.16. The number of rotatable bonds is 6. The first kappa shape index (κ1) is 19.9. The minimum absolute atomic E-state index is 0.0594. The van der Waals surface area contributed by atoms with Gasteiger partial charge in [0.1, 0.15) is 5.56 Å². The fourth-order valence-electron chi connectivity index (χ4n) is 3.27. The molecule has 0 fully saturated rings. The van der Waals surface area contributed by atoms with Crippen LogP contribution in [0.3, 0.4) is 0 Å². The van der Waals surface area contributed by atoms with E-state index in [0.717, 1.165) is 4.70 Å². The molecule has 8 heteroatoms. The first-order valence-electron chi connectivity index (χ1n) is 9.46. The molecule has 4 rings (SSSR count). The minimum atomic E-state index is -0.326. The number of ketones is 1. The summed E-state index contributed by atoms with van der Waals surface area (Å²) in [5, 5.41) is 3.31. The number of benzene rings is 2. The average molecular weight is 423 g/mol. The summed E-state index contributed by atoms with van der Waals surface area (Å²) in [6.45, 7) is 5.58. The van der Waals surface area contributed by atoms with Crippen molar-refractivity contribution in [2.75, 3.05) is 7.11 Å². The highest BCUT2D eigenvalue weighted by Crippen LogP contribution is 2.37. The number of thiazole rings is 1. The van der Waals surface area contributed by atoms with Crippen LogP contribution in [0.2, 0.25) is 0 Å². The van der Waals surface area contributed by atoms with Crippen molar-refractivity contribution in [3.8, 4) is 16.7 Å². The number of aromatic amines is 1. The predicted octanol–water partition coefficient (Wildman–Crippen LogP) is 4.71. The number of methoxy groups -OCH3 is 1. The van der Waals surface area contributed by atoms with Gasteiger partial charge in [0.25, 0.3) is 10.8 Å². The second-order valence-electron chi connectivity index (χ2n) is 7.10. The highest BCUT2D eigenvalue weighted by Gasteiger charge is 2.21. The van der Waals surface area contributed by atoms with Crippen molar-refractivity contribution in [2.24, 2.45) is 0 Å². The van der Waals surface area contributed by atoms with Crippen molar-refractivity contribution in [1.29, 1.82) is 0 Å². The lowest BCUT2D eigenvalue weighted by Crippen LogP contribution is -2.23. The van der Waals surface area contributed by atoms with Crippen LogP contribution in [0.1, 0.15) is 41.4 Å². The van der Waals surface area contributed by atoms with E-state index in [-0.39, 0.29) is 22.9 Å². The number of nitrogens with zero attached hydrogens (tertiary/aromatic N) is 2. The maximum Gasteiger partial charge on any atom is 0.279 e. The lowest BCUT2D eigenvalue weighted by molar-refractivity contribution is 0.103. The summed E-state index contributed by atoms with van der Waals surface area (Å²) in [7, 11) is 1.58. The molecule has 2 aromatic carbocycles. The number of hydrogen-bond donors (Lipinski definition) is 1. The molecular formula is C22H21N3O4S. The van der Waals surface area contributed by atoms with Crippen LogP contribution in [0.25, 0.3) is 10.2 Å². The van der Waals surface area contributed by atoms with Gasteiger partial charge < -0.3 is 14.6 Å². The lowest BCUT2D eigenvalue weighted by atomic mass is 10.0. The van der Waals surface area contributed by atoms with E-state index in [1.165, 1.54) is 22.2 Å². The van der Waals surface area contributed by atoms with Gasteiger partial charge in [-0.2, -0.15) is 0 Å². The topological polar surface area (TPSA) is 86.2 Å². The van der Waals surface area contributed by atoms with E-state index < -0.39 is 0 Å². The number of H-pyrrole nitrogens is 1. The maximum atomic E-state index is 13.0. The van der Waals surface area contributed by atoms with Gasteiger partial charge in [0.05, 0.1) is 17.3 Å². The zero-order chi connectivity index (χ0) is 21.4. The third-order valence-corrected chi connectivity index (χ3v) is 5.76. The molecule has 0 atom stereocenters. The highest BCUT2D eigenvalue weighted by atomic mass is 32.1. The second-order valence-corrected chi connectivity index (χ2v) is 8.10. The van der Waals surface area contributed by atoms with Gasteiger partial charge in [-0.15, -0.1) is 0 Å². The SMILES string of the molecule is COc1ccccc1Oc1nc2c(C)c(C(=O)c3c[nH]n(C(C)C)c3=O)ccc2s1. The minimum Gasteiger partial charge on any atom is -0.493 e. The van der Waals surface area contributed by atoms with E-state index in [4.69, 9.17) is 9.47 Å². The Bertz CT molecular complexity index is 1300. The quantitative estimate of drug-likeness (QED) is 0.454. The molecule has 0 aliphatic rings. The van der Waals surface area contributed by atoms with E-state index in [1.54, 1.807) is 19.2 Å². The first-order valence-corrected chi connectivity index (χ1v) is 10.3. The monoisotopic (exact) mass is 423 g/mol. The lowest BCUT2D eigenvalue weighted by Gasteiger charge is -2.06. The molecule has 0 unspecified atom stereocenters. The summed E-state index contributed by atoms with van der Waals surface area (Å²) >= 11 is 1.38. The molecule has 0 aliphatic carbocycles. The molecule has 2 aromatic heterocycles. The van der Waals surface area contributed by atoms with Crippen LogP contribution in [-0.2, 0) is 0 Å². The molecule has 7 nitrogen and oxygen atoms in total. The van der Waals surface area contributed by atoms with Crippen molar-refractivity contribution in [3.63, 3.8) is 0 Å². The number of carbonyl (C=O) groups is 1. The molecule has 30 heavy (non-hydrogen) atoms. The predicted molar refractivity (Wildman–Crippen MR) is 116 cm³/mol. The van der Waals surface area contributed by atoms with Gasteiger partial charge in [-0.25, -0.2) is 4.98 Å². The van der Waals surface area contributed by atoms with Crippen LogP contribution in [0.5, 0.6) is 16.7 Å². The molecule has 0 aliphatic heterocycles. The summed E-state index contributed by atoms with van der Waals surface area (Å²) < 4.78 is 13.6. The third kappa shape index (κ3) is 3.39. The number of carbonyl (C=O) groups excluding carboxylic acids is 1. The van der Waals surface area contributed by atoms with Gasteiger partial charge in [-0.3, -0.25) is 14.3 Å². The Balaban J connectivity index is 1.71. The number of aryl methyl sites for hydroxylation is 1. The molecular weight excluding hydrogens is 402 g/mol. The van der Waals surface area contributed by atoms with Crippen molar-refractivity contribution in [2.45, 2.75) is 26.8 Å². The van der Waals surface area contributed by atoms with Gasteiger partial charge in [-0.05, 0) is 50.6 Å². The highest BCUT2D eigenvalue weighted by molar-refractivity contribution is 7.20. The van der Waals surface area contributed by atoms with Crippen molar-refractivity contribution in [3.05, 3.63) is 69.6 Å². The Kier molecular flexibility index (Phi) is 5.17. The number of hydrogen-bond acceptors (Lipinski definition) is 6. The van der Waals surface area contributed by atoms with Gasteiger partial charge in [0, 0.05) is 17.8 Å². The van der Waals surface area contributed by atoms with E-state index >= 15 is 0 Å². The van der Waals surface area contributed by atoms with Gasteiger partial charge in [-0.1, -0.05) is 23.5 Å². The summed E-state index contributed by atoms with van der Waals surface area (Å²) in [6.07, 6.45) is 1.46. The molecule has 0 bridgehead atoms. The number of nitrogens with one attached hydrogen (secondary N) is 1. The largest absolute Gasteiger partial charge is 0.493 e. The normalized spacial score (nSPS) is 11.2. The zero-order valence-electron chi connectivity index (χ0n) is 17.1. The maximum absolute atomic E-state index is 13.0. The molecule has 0 saturated heterocycles. The number of fused-ring (bicyclic) bond motifs is 1. The van der Waals surface area contributed by atoms with Crippen LogP contribution >= 0.6 is 11.3 Å². The fraction of sp³-hybridized carbons (Fsp3) is 0.227. The van der Waals surface area contributed by atoms with Crippen LogP contribution in [0.4, 0.5) is 0 Å². The summed E-state index contributed by atoms with van der Waals surface area (Å²) in [4.78, 5) is 30.1. The number of para-hydroxylation sites is 2. The van der Waals surface area contributed by atoms with Crippen molar-refractivity contribution in [1.82, 2.24) is 14.8 Å². The van der Waals surface area contributed by atoms with E-state index in [1.807, 2.05) is 45.0 Å². The summed E-state index contributed by atoms with van der Waals surface area (Å²) in [5.41, 5.74) is 1.62. The molecule has 4 aromatic rings. The molecule has 0 saturated carbocycles. The Morgan fingerprint density at radius 2 is 1.87 bits per heavy atom. The van der Waals surface area contributed by atoms with Crippen LogP contribution in [0, 0.1) is 6.92 Å². The summed E-state index contributed by atoms with van der Waals surface area (Å²) in [6, 6.07) is 10.8.